The van der Waals surface area contributed by atoms with Crippen molar-refractivity contribution in [3.63, 3.8) is 0 Å². The van der Waals surface area contributed by atoms with Crippen LogP contribution in [-0.2, 0) is 11.2 Å². The Kier molecular flexibility index (Phi) is 3.81. The van der Waals surface area contributed by atoms with Crippen LogP contribution in [0.1, 0.15) is 16.2 Å². The summed E-state index contributed by atoms with van der Waals surface area (Å²) < 4.78 is 5.41. The quantitative estimate of drug-likeness (QED) is 0.803. The molecule has 0 aliphatic rings. The zero-order valence-electron chi connectivity index (χ0n) is 9.76. The van der Waals surface area contributed by atoms with Gasteiger partial charge in [0, 0.05) is 6.42 Å². The molecule has 0 fully saturated rings. The van der Waals surface area contributed by atoms with Crippen LogP contribution in [0.15, 0.2) is 30.3 Å². The van der Waals surface area contributed by atoms with Crippen LogP contribution in [0, 0.1) is 0 Å². The molecule has 0 aliphatic carbocycles. The molecule has 1 heterocycles. The molecule has 1 aromatic carbocycles. The zero-order chi connectivity index (χ0) is 13.7. The molecule has 2 aromatic rings. The lowest BCUT2D eigenvalue weighted by molar-refractivity contribution is 0.0671. The number of carbonyl (C=O) groups excluding carboxylic acids is 1. The molecule has 8 nitrogen and oxygen atoms in total. The Morgan fingerprint density at radius 1 is 1.26 bits per heavy atom. The van der Waals surface area contributed by atoms with Crippen LogP contribution >= 0.6 is 0 Å². The number of ether oxygens (including phenoxy) is 1. The van der Waals surface area contributed by atoms with E-state index in [1.54, 1.807) is 0 Å². The van der Waals surface area contributed by atoms with Gasteiger partial charge in [-0.05, 0) is 16.0 Å². The Bertz CT molecular complexity index is 581. The number of hydrogen-bond acceptors (Lipinski definition) is 6. The second kappa shape index (κ2) is 5.71. The highest BCUT2D eigenvalue weighted by Crippen LogP contribution is 2.01. The van der Waals surface area contributed by atoms with Gasteiger partial charge in [0.1, 0.15) is 0 Å². The summed E-state index contributed by atoms with van der Waals surface area (Å²) in [7, 11) is 0. The van der Waals surface area contributed by atoms with E-state index in [-0.39, 0.29) is 6.61 Å². The summed E-state index contributed by atoms with van der Waals surface area (Å²) in [5.74, 6) is -1.98. The largest absolute Gasteiger partial charge is 0.475 e. The highest BCUT2D eigenvalue weighted by molar-refractivity contribution is 5.87. The van der Waals surface area contributed by atoms with Crippen molar-refractivity contribution in [1.82, 2.24) is 20.2 Å². The average Bonchev–Trinajstić information content (AvgIpc) is 2.89. The molecule has 1 N–H and O–H groups in total. The van der Waals surface area contributed by atoms with Crippen LogP contribution in [-0.4, -0.2) is 44.0 Å². The minimum Gasteiger partial charge on any atom is -0.475 e. The van der Waals surface area contributed by atoms with Crippen molar-refractivity contribution in [2.75, 3.05) is 6.61 Å². The lowest BCUT2D eigenvalue weighted by Crippen LogP contribution is -2.21. The van der Waals surface area contributed by atoms with Gasteiger partial charge >= 0.3 is 12.1 Å². The van der Waals surface area contributed by atoms with Crippen molar-refractivity contribution in [2.24, 2.45) is 0 Å². The van der Waals surface area contributed by atoms with Crippen LogP contribution in [0.4, 0.5) is 4.79 Å². The summed E-state index contributed by atoms with van der Waals surface area (Å²) in [4.78, 5) is 22.3. The smallest absolute Gasteiger partial charge is 0.438 e. The van der Waals surface area contributed by atoms with Gasteiger partial charge in [-0.2, -0.15) is 0 Å². The summed E-state index contributed by atoms with van der Waals surface area (Å²) in [6.07, 6.45) is -0.393. The molecule has 0 saturated heterocycles. The number of aromatic nitrogens is 4. The van der Waals surface area contributed by atoms with E-state index in [1.165, 1.54) is 0 Å². The van der Waals surface area contributed by atoms with Gasteiger partial charge in [-0.3, -0.25) is 0 Å². The Labute approximate surface area is 107 Å². The third-order valence-electron chi connectivity index (χ3n) is 2.29. The molecule has 19 heavy (non-hydrogen) atoms. The van der Waals surface area contributed by atoms with Crippen LogP contribution in [0.2, 0.25) is 0 Å². The van der Waals surface area contributed by atoms with Gasteiger partial charge in [0.05, 0.1) is 6.61 Å². The first-order chi connectivity index (χ1) is 9.18. The first-order valence-corrected chi connectivity index (χ1v) is 5.41. The molecule has 0 amide bonds. The highest BCUT2D eigenvalue weighted by atomic mass is 16.6. The fraction of sp³-hybridized carbons (Fsp3) is 0.182. The van der Waals surface area contributed by atoms with Crippen molar-refractivity contribution < 1.29 is 19.4 Å². The minimum absolute atomic E-state index is 0.113. The molecule has 0 spiro atoms. The SMILES string of the molecule is O=C(O)c1nnnn1C(=O)OCCc1ccccc1. The number of carboxylic acid groups (broad SMARTS) is 1. The molecule has 0 bridgehead atoms. The van der Waals surface area contributed by atoms with Crippen molar-refractivity contribution >= 4 is 12.1 Å². The Hall–Kier alpha value is -2.77. The third kappa shape index (κ3) is 3.12. The fourth-order valence-electron chi connectivity index (χ4n) is 1.41. The molecule has 0 atom stereocenters. The average molecular weight is 262 g/mol. The van der Waals surface area contributed by atoms with E-state index in [4.69, 9.17) is 9.84 Å². The van der Waals surface area contributed by atoms with E-state index in [0.717, 1.165) is 5.56 Å². The first-order valence-electron chi connectivity index (χ1n) is 5.41. The second-order valence-corrected chi connectivity index (χ2v) is 3.57. The molecule has 1 aromatic heterocycles. The number of carboxylic acids is 1. The standard InChI is InChI=1S/C11H10N4O4/c16-10(17)9-12-13-14-15(9)11(18)19-7-6-8-4-2-1-3-5-8/h1-5H,6-7H2,(H,16,17). The number of tetrazole rings is 1. The zero-order valence-corrected chi connectivity index (χ0v) is 9.76. The molecule has 0 aliphatic heterocycles. The summed E-state index contributed by atoms with van der Waals surface area (Å²) >= 11 is 0. The number of rotatable bonds is 4. The Morgan fingerprint density at radius 2 is 2.00 bits per heavy atom. The highest BCUT2D eigenvalue weighted by Gasteiger charge is 2.20. The third-order valence-corrected chi connectivity index (χ3v) is 2.29. The monoisotopic (exact) mass is 262 g/mol. The number of aromatic carboxylic acids is 1. The topological polar surface area (TPSA) is 107 Å². The Morgan fingerprint density at radius 3 is 2.68 bits per heavy atom. The maximum Gasteiger partial charge on any atom is 0.438 e. The molecule has 0 saturated carbocycles. The lowest BCUT2D eigenvalue weighted by atomic mass is 10.2. The van der Waals surface area contributed by atoms with Gasteiger partial charge in [0.15, 0.2) is 0 Å². The van der Waals surface area contributed by atoms with Crippen LogP contribution in [0.3, 0.4) is 0 Å². The number of nitrogens with zero attached hydrogens (tertiary/aromatic N) is 4. The van der Waals surface area contributed by atoms with Crippen molar-refractivity contribution in [3.8, 4) is 0 Å². The maximum absolute atomic E-state index is 11.6. The van der Waals surface area contributed by atoms with Crippen molar-refractivity contribution in [1.29, 1.82) is 0 Å². The fourth-order valence-corrected chi connectivity index (χ4v) is 1.41. The van der Waals surface area contributed by atoms with Crippen molar-refractivity contribution in [2.45, 2.75) is 6.42 Å². The first kappa shape index (κ1) is 12.7. The van der Waals surface area contributed by atoms with E-state index in [0.29, 0.717) is 11.1 Å². The minimum atomic E-state index is -1.40. The summed E-state index contributed by atoms with van der Waals surface area (Å²) in [5, 5.41) is 18.3. The van der Waals surface area contributed by atoms with Gasteiger partial charge in [0.25, 0.3) is 5.82 Å². The van der Waals surface area contributed by atoms with E-state index >= 15 is 0 Å². The number of carbonyl (C=O) groups is 2. The second-order valence-electron chi connectivity index (χ2n) is 3.57. The molecule has 0 unspecified atom stereocenters. The van der Waals surface area contributed by atoms with Gasteiger partial charge in [-0.1, -0.05) is 30.3 Å². The number of hydrogen-bond donors (Lipinski definition) is 1. The van der Waals surface area contributed by atoms with Crippen LogP contribution in [0.25, 0.3) is 0 Å². The van der Waals surface area contributed by atoms with Gasteiger partial charge in [-0.15, -0.1) is 9.78 Å². The molecule has 8 heteroatoms. The number of benzene rings is 1. The normalized spacial score (nSPS) is 10.1. The van der Waals surface area contributed by atoms with E-state index in [2.05, 4.69) is 15.5 Å². The van der Waals surface area contributed by atoms with Crippen LogP contribution < -0.4 is 0 Å². The summed E-state index contributed by atoms with van der Waals surface area (Å²) in [5.41, 5.74) is 1.01. The van der Waals surface area contributed by atoms with E-state index in [9.17, 15) is 9.59 Å². The Balaban J connectivity index is 1.91. The van der Waals surface area contributed by atoms with Gasteiger partial charge in [-0.25, -0.2) is 9.59 Å². The summed E-state index contributed by atoms with van der Waals surface area (Å²) in [6.45, 7) is 0.113. The van der Waals surface area contributed by atoms with Gasteiger partial charge in [0.2, 0.25) is 0 Å². The van der Waals surface area contributed by atoms with Gasteiger partial charge < -0.3 is 9.84 Å². The van der Waals surface area contributed by atoms with Crippen molar-refractivity contribution in [3.05, 3.63) is 41.7 Å². The molecular formula is C11H10N4O4. The van der Waals surface area contributed by atoms with E-state index < -0.39 is 17.9 Å². The van der Waals surface area contributed by atoms with Crippen LogP contribution in [0.5, 0.6) is 0 Å². The van der Waals surface area contributed by atoms with E-state index in [1.807, 2.05) is 30.3 Å². The molecule has 2 rings (SSSR count). The molecule has 0 radical (unpaired) electrons. The molecule has 98 valence electrons. The molecular weight excluding hydrogens is 252 g/mol. The predicted molar refractivity (Wildman–Crippen MR) is 61.7 cm³/mol. The maximum atomic E-state index is 11.6. The lowest BCUT2D eigenvalue weighted by Gasteiger charge is -2.04. The predicted octanol–water partition coefficient (Wildman–Crippen LogP) is 0.599. The summed E-state index contributed by atoms with van der Waals surface area (Å²) in [6, 6.07) is 9.43.